The lowest BCUT2D eigenvalue weighted by atomic mass is 10.0. The van der Waals surface area contributed by atoms with Crippen LogP contribution in [-0.2, 0) is 12.4 Å². The average Bonchev–Trinajstić information content (AvgIpc) is 3.07. The summed E-state index contributed by atoms with van der Waals surface area (Å²) in [6.45, 7) is -0.118. The third-order valence-corrected chi connectivity index (χ3v) is 4.18. The zero-order valence-corrected chi connectivity index (χ0v) is 13.8. The van der Waals surface area contributed by atoms with Crippen LogP contribution in [0.15, 0.2) is 35.0 Å². The Bertz CT molecular complexity index is 723. The molecule has 0 saturated carbocycles. The maximum Gasteiger partial charge on any atom is 0.416 e. The molecule has 0 aliphatic heterocycles. The zero-order valence-electron chi connectivity index (χ0n) is 13.0. The number of amides is 1. The summed E-state index contributed by atoms with van der Waals surface area (Å²) in [6.07, 6.45) is -10.9. The normalized spacial score (nSPS) is 13.5. The van der Waals surface area contributed by atoms with Gasteiger partial charge in [0, 0.05) is 12.1 Å². The fourth-order valence-electron chi connectivity index (χ4n) is 2.14. The van der Waals surface area contributed by atoms with Crippen LogP contribution in [0.5, 0.6) is 0 Å². The lowest BCUT2D eigenvalue weighted by molar-refractivity contribution is -0.143. The van der Waals surface area contributed by atoms with E-state index in [4.69, 9.17) is 0 Å². The molecule has 0 radical (unpaired) electrons. The molecule has 1 aromatic carbocycles. The molecule has 2 N–H and O–H groups in total. The number of carbonyl (C=O) groups excluding carboxylic acids is 1. The molecule has 1 amide bonds. The molecule has 0 fully saturated rings. The van der Waals surface area contributed by atoms with Crippen LogP contribution in [0.1, 0.15) is 39.6 Å². The van der Waals surface area contributed by atoms with Crippen molar-refractivity contribution in [2.24, 2.45) is 0 Å². The van der Waals surface area contributed by atoms with Gasteiger partial charge >= 0.3 is 12.4 Å². The van der Waals surface area contributed by atoms with Gasteiger partial charge in [-0.15, -0.1) is 0 Å². The lowest BCUT2D eigenvalue weighted by Gasteiger charge is -2.14. The average molecular weight is 397 g/mol. The molecule has 2 rings (SSSR count). The first kappa shape index (κ1) is 20.2. The molecular formula is C16H13F6NO2S. The molecule has 0 spiro atoms. The minimum atomic E-state index is -5.02. The minimum Gasteiger partial charge on any atom is -0.388 e. The van der Waals surface area contributed by atoms with E-state index in [0.717, 1.165) is 0 Å². The molecule has 1 heterocycles. The molecule has 10 heteroatoms. The summed E-state index contributed by atoms with van der Waals surface area (Å²) in [5, 5.41) is 15.5. The summed E-state index contributed by atoms with van der Waals surface area (Å²) in [4.78, 5) is 11.9. The third kappa shape index (κ3) is 5.21. The van der Waals surface area contributed by atoms with Gasteiger partial charge in [-0.3, -0.25) is 4.79 Å². The molecule has 3 nitrogen and oxygen atoms in total. The van der Waals surface area contributed by atoms with E-state index < -0.39 is 41.1 Å². The number of alkyl halides is 6. The molecule has 1 unspecified atom stereocenters. The van der Waals surface area contributed by atoms with Crippen molar-refractivity contribution in [3.05, 3.63) is 57.3 Å². The third-order valence-electron chi connectivity index (χ3n) is 3.48. The van der Waals surface area contributed by atoms with Crippen molar-refractivity contribution in [1.82, 2.24) is 5.32 Å². The quantitative estimate of drug-likeness (QED) is 0.723. The number of hydrogen-bond donors (Lipinski definition) is 2. The smallest absolute Gasteiger partial charge is 0.388 e. The van der Waals surface area contributed by atoms with Crippen LogP contribution >= 0.6 is 11.3 Å². The van der Waals surface area contributed by atoms with E-state index in [1.807, 2.05) is 0 Å². The first-order valence-corrected chi connectivity index (χ1v) is 8.20. The first-order valence-electron chi connectivity index (χ1n) is 7.26. The summed E-state index contributed by atoms with van der Waals surface area (Å²) in [7, 11) is 0. The van der Waals surface area contributed by atoms with E-state index in [1.165, 1.54) is 11.3 Å². The summed E-state index contributed by atoms with van der Waals surface area (Å²) in [5.41, 5.74) is -3.26. The molecule has 1 atom stereocenters. The number of halogens is 6. The predicted octanol–water partition coefficient (Wildman–Crippen LogP) is 4.64. The molecular weight excluding hydrogens is 384 g/mol. The largest absolute Gasteiger partial charge is 0.416 e. The Balaban J connectivity index is 2.12. The van der Waals surface area contributed by atoms with Crippen molar-refractivity contribution in [2.75, 3.05) is 6.54 Å². The van der Waals surface area contributed by atoms with Crippen molar-refractivity contribution in [3.8, 4) is 0 Å². The molecule has 2 aromatic rings. The number of rotatable bonds is 5. The molecule has 0 saturated heterocycles. The van der Waals surface area contributed by atoms with Gasteiger partial charge in [0.1, 0.15) is 0 Å². The number of nitrogens with one attached hydrogen (secondary N) is 1. The molecule has 0 bridgehead atoms. The number of aliphatic hydroxyl groups excluding tert-OH is 1. The van der Waals surface area contributed by atoms with Gasteiger partial charge in [0.25, 0.3) is 5.91 Å². The van der Waals surface area contributed by atoms with Crippen LogP contribution in [0.2, 0.25) is 0 Å². The maximum absolute atomic E-state index is 12.8. The van der Waals surface area contributed by atoms with Crippen LogP contribution < -0.4 is 5.32 Å². The van der Waals surface area contributed by atoms with Crippen molar-refractivity contribution >= 4 is 17.2 Å². The van der Waals surface area contributed by atoms with Gasteiger partial charge in [0.15, 0.2) is 0 Å². The van der Waals surface area contributed by atoms with Gasteiger partial charge in [-0.2, -0.15) is 37.7 Å². The van der Waals surface area contributed by atoms with Gasteiger partial charge in [-0.05, 0) is 47.0 Å². The molecule has 0 aliphatic carbocycles. The number of benzene rings is 1. The predicted molar refractivity (Wildman–Crippen MR) is 82.7 cm³/mol. The van der Waals surface area contributed by atoms with Crippen LogP contribution in [0.3, 0.4) is 0 Å². The summed E-state index contributed by atoms with van der Waals surface area (Å²) in [5.74, 6) is -1.08. The number of aliphatic hydroxyl groups is 1. The fraction of sp³-hybridized carbons (Fsp3) is 0.312. The highest BCUT2D eigenvalue weighted by Gasteiger charge is 2.37. The Morgan fingerprint density at radius 1 is 1.08 bits per heavy atom. The number of thiophene rings is 1. The second-order valence-electron chi connectivity index (χ2n) is 5.41. The Hall–Kier alpha value is -2.07. The van der Waals surface area contributed by atoms with Gasteiger partial charge in [0.2, 0.25) is 0 Å². The van der Waals surface area contributed by atoms with E-state index >= 15 is 0 Å². The first-order chi connectivity index (χ1) is 12.0. The lowest BCUT2D eigenvalue weighted by Crippen LogP contribution is -2.26. The highest BCUT2D eigenvalue weighted by Crippen LogP contribution is 2.36. The van der Waals surface area contributed by atoms with Crippen LogP contribution in [-0.4, -0.2) is 17.6 Å². The van der Waals surface area contributed by atoms with E-state index in [2.05, 4.69) is 5.32 Å². The van der Waals surface area contributed by atoms with Gasteiger partial charge in [-0.25, -0.2) is 0 Å². The molecule has 1 aromatic heterocycles. The SMILES string of the molecule is O=C(NCCC(O)c1ccsc1)c1cc(C(F)(F)F)cc(C(F)(F)F)c1. The van der Waals surface area contributed by atoms with Gasteiger partial charge < -0.3 is 10.4 Å². The van der Waals surface area contributed by atoms with E-state index in [-0.39, 0.29) is 19.0 Å². The van der Waals surface area contributed by atoms with Gasteiger partial charge in [-0.1, -0.05) is 0 Å². The summed E-state index contributed by atoms with van der Waals surface area (Å²) < 4.78 is 76.7. The Morgan fingerprint density at radius 3 is 2.12 bits per heavy atom. The second-order valence-corrected chi connectivity index (χ2v) is 6.19. The van der Waals surface area contributed by atoms with Crippen LogP contribution in [0, 0.1) is 0 Å². The number of carbonyl (C=O) groups is 1. The van der Waals surface area contributed by atoms with Crippen LogP contribution in [0.25, 0.3) is 0 Å². The molecule has 142 valence electrons. The monoisotopic (exact) mass is 397 g/mol. The van der Waals surface area contributed by atoms with E-state index in [0.29, 0.717) is 17.7 Å². The van der Waals surface area contributed by atoms with E-state index in [9.17, 15) is 36.2 Å². The second kappa shape index (κ2) is 7.67. The molecule has 0 aliphatic rings. The van der Waals surface area contributed by atoms with E-state index in [1.54, 1.807) is 16.8 Å². The van der Waals surface area contributed by atoms with Crippen molar-refractivity contribution in [2.45, 2.75) is 24.9 Å². The standard InChI is InChI=1S/C16H13F6NO2S/c17-15(18,19)11-5-10(6-12(7-11)16(20,21)22)14(25)23-3-1-13(24)9-2-4-26-8-9/h2,4-8,13,24H,1,3H2,(H,23,25). The van der Waals surface area contributed by atoms with Crippen molar-refractivity contribution < 1.29 is 36.2 Å². The Labute approximate surface area is 148 Å². The zero-order chi connectivity index (χ0) is 19.5. The Kier molecular flexibility index (Phi) is 5.97. The fourth-order valence-corrected chi connectivity index (χ4v) is 2.85. The van der Waals surface area contributed by atoms with Crippen LogP contribution in [0.4, 0.5) is 26.3 Å². The number of hydrogen-bond acceptors (Lipinski definition) is 3. The summed E-state index contributed by atoms with van der Waals surface area (Å²) in [6, 6.07) is 2.34. The minimum absolute atomic E-state index is 0.0445. The highest BCUT2D eigenvalue weighted by atomic mass is 32.1. The highest BCUT2D eigenvalue weighted by molar-refractivity contribution is 7.07. The topological polar surface area (TPSA) is 49.3 Å². The van der Waals surface area contributed by atoms with Crippen molar-refractivity contribution in [3.63, 3.8) is 0 Å². The van der Waals surface area contributed by atoms with Crippen molar-refractivity contribution in [1.29, 1.82) is 0 Å². The summed E-state index contributed by atoms with van der Waals surface area (Å²) >= 11 is 1.35. The molecule has 26 heavy (non-hydrogen) atoms. The van der Waals surface area contributed by atoms with Gasteiger partial charge in [0.05, 0.1) is 17.2 Å². The maximum atomic E-state index is 12.8. The Morgan fingerprint density at radius 2 is 1.65 bits per heavy atom.